The predicted molar refractivity (Wildman–Crippen MR) is 47.3 cm³/mol. The van der Waals surface area contributed by atoms with Crippen molar-refractivity contribution in [2.75, 3.05) is 11.5 Å². The molecule has 0 radical (unpaired) electrons. The van der Waals surface area contributed by atoms with Crippen molar-refractivity contribution in [1.82, 2.24) is 4.98 Å². The summed E-state index contributed by atoms with van der Waals surface area (Å²) in [4.78, 5) is 3.55. The molecular formula is C8H8F2N4. The van der Waals surface area contributed by atoms with Crippen LogP contribution in [0.25, 0.3) is 0 Å². The number of halogens is 2. The molecule has 1 rings (SSSR count). The molecule has 0 atom stereocenters. The van der Waals surface area contributed by atoms with Crippen LogP contribution in [0.4, 0.5) is 20.3 Å². The third-order valence-corrected chi connectivity index (χ3v) is 1.76. The van der Waals surface area contributed by atoms with E-state index in [2.05, 4.69) is 4.98 Å². The molecule has 1 heterocycles. The Morgan fingerprint density at radius 2 is 2.14 bits per heavy atom. The van der Waals surface area contributed by atoms with Crippen molar-refractivity contribution in [3.8, 4) is 6.07 Å². The third kappa shape index (κ3) is 1.71. The van der Waals surface area contributed by atoms with E-state index in [0.717, 1.165) is 0 Å². The number of anilines is 2. The molecule has 0 aromatic carbocycles. The number of hydrogen-bond acceptors (Lipinski definition) is 4. The van der Waals surface area contributed by atoms with Gasteiger partial charge in [-0.1, -0.05) is 0 Å². The summed E-state index contributed by atoms with van der Waals surface area (Å²) >= 11 is 0. The summed E-state index contributed by atoms with van der Waals surface area (Å²) in [5.41, 5.74) is 10.3. The van der Waals surface area contributed by atoms with Crippen LogP contribution in [0.1, 0.15) is 17.6 Å². The Balaban J connectivity index is 3.28. The minimum absolute atomic E-state index is 0.0567. The molecule has 1 aromatic rings. The van der Waals surface area contributed by atoms with Crippen molar-refractivity contribution >= 4 is 11.5 Å². The van der Waals surface area contributed by atoms with Crippen LogP contribution in [0.15, 0.2) is 6.20 Å². The van der Waals surface area contributed by atoms with Gasteiger partial charge < -0.3 is 11.5 Å². The molecule has 4 nitrogen and oxygen atoms in total. The minimum Gasteiger partial charge on any atom is -0.398 e. The highest BCUT2D eigenvalue weighted by Gasteiger charge is 2.18. The molecule has 0 amide bonds. The highest BCUT2D eigenvalue weighted by atomic mass is 19.3. The maximum atomic E-state index is 12.4. The molecule has 0 aliphatic heterocycles. The average molecular weight is 198 g/mol. The summed E-state index contributed by atoms with van der Waals surface area (Å²) in [7, 11) is 0. The van der Waals surface area contributed by atoms with Gasteiger partial charge in [-0.15, -0.1) is 0 Å². The molecule has 0 spiro atoms. The first-order valence-corrected chi connectivity index (χ1v) is 3.75. The van der Waals surface area contributed by atoms with Gasteiger partial charge in [-0.05, 0) is 0 Å². The molecule has 74 valence electrons. The van der Waals surface area contributed by atoms with E-state index in [1.807, 2.05) is 0 Å². The lowest BCUT2D eigenvalue weighted by molar-refractivity contribution is 0.152. The van der Waals surface area contributed by atoms with Crippen LogP contribution in [-0.2, 0) is 6.42 Å². The van der Waals surface area contributed by atoms with Gasteiger partial charge in [0.1, 0.15) is 5.82 Å². The van der Waals surface area contributed by atoms with Gasteiger partial charge in [-0.25, -0.2) is 13.8 Å². The average Bonchev–Trinajstić information content (AvgIpc) is 2.10. The standard InChI is InChI=1S/C8H8F2N4/c9-7(10)5-6(12)4(1-2-11)3-14-8(5)13/h3,7H,1H2,(H4,12,13,14). The molecule has 1 aromatic heterocycles. The Morgan fingerprint density at radius 3 is 2.64 bits per heavy atom. The molecule has 0 aliphatic carbocycles. The molecule has 14 heavy (non-hydrogen) atoms. The van der Waals surface area contributed by atoms with E-state index in [1.54, 1.807) is 6.07 Å². The summed E-state index contributed by atoms with van der Waals surface area (Å²) in [6, 6.07) is 1.80. The molecule has 0 bridgehead atoms. The van der Waals surface area contributed by atoms with Crippen LogP contribution in [0.2, 0.25) is 0 Å². The van der Waals surface area contributed by atoms with Crippen molar-refractivity contribution in [1.29, 1.82) is 5.26 Å². The smallest absolute Gasteiger partial charge is 0.269 e. The normalized spacial score (nSPS) is 10.1. The SMILES string of the molecule is N#CCc1cnc(N)c(C(F)F)c1N. The first kappa shape index (κ1) is 10.2. The predicted octanol–water partition coefficient (Wildman–Crippen LogP) is 1.25. The van der Waals surface area contributed by atoms with Crippen molar-refractivity contribution in [3.63, 3.8) is 0 Å². The molecule has 6 heteroatoms. The van der Waals surface area contributed by atoms with E-state index in [1.165, 1.54) is 6.20 Å². The zero-order chi connectivity index (χ0) is 10.7. The van der Waals surface area contributed by atoms with Crippen molar-refractivity contribution in [2.45, 2.75) is 12.8 Å². The van der Waals surface area contributed by atoms with Gasteiger partial charge in [0, 0.05) is 17.4 Å². The van der Waals surface area contributed by atoms with E-state index in [-0.39, 0.29) is 23.5 Å². The molecule has 0 unspecified atom stereocenters. The topological polar surface area (TPSA) is 88.7 Å². The van der Waals surface area contributed by atoms with Crippen LogP contribution in [0, 0.1) is 11.3 Å². The fourth-order valence-corrected chi connectivity index (χ4v) is 1.05. The molecule has 4 N–H and O–H groups in total. The van der Waals surface area contributed by atoms with Gasteiger partial charge in [0.2, 0.25) is 0 Å². The fourth-order valence-electron chi connectivity index (χ4n) is 1.05. The zero-order valence-corrected chi connectivity index (χ0v) is 7.17. The molecule has 0 saturated heterocycles. The van der Waals surface area contributed by atoms with E-state index in [0.29, 0.717) is 0 Å². The minimum atomic E-state index is -2.78. The van der Waals surface area contributed by atoms with Gasteiger partial charge >= 0.3 is 0 Å². The van der Waals surface area contributed by atoms with Crippen molar-refractivity contribution < 1.29 is 8.78 Å². The molecule has 0 aliphatic rings. The number of hydrogen-bond donors (Lipinski definition) is 2. The summed E-state index contributed by atoms with van der Waals surface area (Å²) in [5.74, 6) is -0.292. The highest BCUT2D eigenvalue weighted by molar-refractivity contribution is 5.62. The van der Waals surface area contributed by atoms with Gasteiger partial charge in [0.05, 0.1) is 18.1 Å². The van der Waals surface area contributed by atoms with Crippen molar-refractivity contribution in [3.05, 3.63) is 17.3 Å². The van der Waals surface area contributed by atoms with Crippen LogP contribution < -0.4 is 11.5 Å². The van der Waals surface area contributed by atoms with E-state index in [4.69, 9.17) is 16.7 Å². The van der Waals surface area contributed by atoms with Crippen LogP contribution in [0.3, 0.4) is 0 Å². The number of nitrogens with two attached hydrogens (primary N) is 2. The number of nitrogens with zero attached hydrogens (tertiary/aromatic N) is 2. The Labute approximate surface area is 79.1 Å². The Hall–Kier alpha value is -1.90. The first-order chi connectivity index (χ1) is 6.57. The van der Waals surface area contributed by atoms with E-state index >= 15 is 0 Å². The summed E-state index contributed by atoms with van der Waals surface area (Å²) in [6.07, 6.45) is -1.60. The largest absolute Gasteiger partial charge is 0.398 e. The number of alkyl halides is 2. The lowest BCUT2D eigenvalue weighted by Gasteiger charge is -2.09. The van der Waals surface area contributed by atoms with Gasteiger partial charge in [-0.2, -0.15) is 5.26 Å². The quantitative estimate of drug-likeness (QED) is 0.748. The summed E-state index contributed by atoms with van der Waals surface area (Å²) in [6.45, 7) is 0. The lowest BCUT2D eigenvalue weighted by Crippen LogP contribution is -2.06. The van der Waals surface area contributed by atoms with E-state index < -0.39 is 12.0 Å². The van der Waals surface area contributed by atoms with Crippen molar-refractivity contribution in [2.24, 2.45) is 0 Å². The number of rotatable bonds is 2. The first-order valence-electron chi connectivity index (χ1n) is 3.75. The molecule has 0 fully saturated rings. The Bertz CT molecular complexity index is 384. The van der Waals surface area contributed by atoms with Gasteiger partial charge in [0.25, 0.3) is 6.43 Å². The number of pyridine rings is 1. The van der Waals surface area contributed by atoms with Gasteiger partial charge in [-0.3, -0.25) is 0 Å². The second kappa shape index (κ2) is 3.87. The zero-order valence-electron chi connectivity index (χ0n) is 7.17. The van der Waals surface area contributed by atoms with Crippen LogP contribution >= 0.6 is 0 Å². The second-order valence-corrected chi connectivity index (χ2v) is 2.63. The third-order valence-electron chi connectivity index (χ3n) is 1.76. The highest BCUT2D eigenvalue weighted by Crippen LogP contribution is 2.31. The molecule has 0 saturated carbocycles. The number of nitriles is 1. The van der Waals surface area contributed by atoms with Gasteiger partial charge in [0.15, 0.2) is 0 Å². The Morgan fingerprint density at radius 1 is 1.50 bits per heavy atom. The van der Waals surface area contributed by atoms with E-state index in [9.17, 15) is 8.78 Å². The second-order valence-electron chi connectivity index (χ2n) is 2.63. The number of nitrogen functional groups attached to an aromatic ring is 2. The maximum Gasteiger partial charge on any atom is 0.269 e. The van der Waals surface area contributed by atoms with Crippen LogP contribution in [-0.4, -0.2) is 4.98 Å². The summed E-state index contributed by atoms with van der Waals surface area (Å²) in [5, 5.41) is 8.39. The lowest BCUT2D eigenvalue weighted by atomic mass is 10.1. The monoisotopic (exact) mass is 198 g/mol. The maximum absolute atomic E-state index is 12.4. The number of aromatic nitrogens is 1. The molecular weight excluding hydrogens is 190 g/mol. The van der Waals surface area contributed by atoms with Crippen LogP contribution in [0.5, 0.6) is 0 Å². The fraction of sp³-hybridized carbons (Fsp3) is 0.250. The Kier molecular flexibility index (Phi) is 2.82. The summed E-state index contributed by atoms with van der Waals surface area (Å²) < 4.78 is 24.9.